The first kappa shape index (κ1) is 13.4. The van der Waals surface area contributed by atoms with Crippen molar-refractivity contribution >= 4 is 12.0 Å². The second-order valence-corrected chi connectivity index (χ2v) is 5.13. The number of hydrogen-bond donors (Lipinski definition) is 3. The van der Waals surface area contributed by atoms with Gasteiger partial charge in [-0.2, -0.15) is 0 Å². The summed E-state index contributed by atoms with van der Waals surface area (Å²) in [6, 6.07) is -0.234. The zero-order chi connectivity index (χ0) is 13.9. The molecule has 0 spiro atoms. The van der Waals surface area contributed by atoms with E-state index in [0.29, 0.717) is 25.9 Å². The molecule has 1 fully saturated rings. The lowest BCUT2D eigenvalue weighted by atomic mass is 9.82. The van der Waals surface area contributed by atoms with Crippen LogP contribution >= 0.6 is 0 Å². The van der Waals surface area contributed by atoms with Gasteiger partial charge < -0.3 is 20.3 Å². The molecule has 1 aromatic rings. The highest BCUT2D eigenvalue weighted by Crippen LogP contribution is 2.29. The molecule has 2 heterocycles. The van der Waals surface area contributed by atoms with Crippen molar-refractivity contribution in [1.29, 1.82) is 0 Å². The number of hydrogen-bond acceptors (Lipinski definition) is 3. The minimum Gasteiger partial charge on any atom is -0.481 e. The number of carbonyl (C=O) groups is 2. The third kappa shape index (κ3) is 3.04. The molecule has 2 rings (SSSR count). The van der Waals surface area contributed by atoms with Gasteiger partial charge in [0.05, 0.1) is 24.0 Å². The monoisotopic (exact) mass is 266 g/mol. The summed E-state index contributed by atoms with van der Waals surface area (Å²) in [6.07, 6.45) is 4.49. The number of nitrogens with one attached hydrogen (secondary N) is 2. The fraction of sp³-hybridized carbons (Fsp3) is 0.583. The predicted molar refractivity (Wildman–Crippen MR) is 67.4 cm³/mol. The Kier molecular flexibility index (Phi) is 3.73. The van der Waals surface area contributed by atoms with Crippen molar-refractivity contribution in [2.75, 3.05) is 13.1 Å². The summed E-state index contributed by atoms with van der Waals surface area (Å²) in [7, 11) is 0. The van der Waals surface area contributed by atoms with Crippen LogP contribution in [0.25, 0.3) is 0 Å². The Morgan fingerprint density at radius 2 is 2.42 bits per heavy atom. The minimum absolute atomic E-state index is 0.234. The first-order valence-corrected chi connectivity index (χ1v) is 6.25. The van der Waals surface area contributed by atoms with Gasteiger partial charge in [0.15, 0.2) is 0 Å². The maximum Gasteiger partial charge on any atom is 0.317 e. The molecule has 0 radical (unpaired) electrons. The van der Waals surface area contributed by atoms with Gasteiger partial charge in [0.25, 0.3) is 0 Å². The summed E-state index contributed by atoms with van der Waals surface area (Å²) in [5.41, 5.74) is -0.0322. The van der Waals surface area contributed by atoms with Crippen molar-refractivity contribution in [2.24, 2.45) is 5.41 Å². The van der Waals surface area contributed by atoms with E-state index in [4.69, 9.17) is 0 Å². The number of H-pyrrole nitrogens is 1. The Balaban J connectivity index is 1.90. The van der Waals surface area contributed by atoms with Crippen molar-refractivity contribution in [3.8, 4) is 0 Å². The molecule has 1 unspecified atom stereocenters. The number of urea groups is 1. The first-order chi connectivity index (χ1) is 9.01. The highest BCUT2D eigenvalue weighted by Gasteiger charge is 2.39. The molecular formula is C12H18N4O3. The SMILES string of the molecule is CC1(C(=O)O)CCCN(C(=O)NCc2cnc[nH]2)C1. The molecule has 3 N–H and O–H groups in total. The van der Waals surface area contributed by atoms with E-state index in [1.807, 2.05) is 0 Å². The van der Waals surface area contributed by atoms with Crippen LogP contribution in [-0.4, -0.2) is 45.1 Å². The standard InChI is InChI=1S/C12H18N4O3/c1-12(10(17)18)3-2-4-16(7-12)11(19)14-6-9-5-13-8-15-9/h5,8H,2-4,6-7H2,1H3,(H,13,15)(H,14,19)(H,17,18). The van der Waals surface area contributed by atoms with Crippen LogP contribution in [0.3, 0.4) is 0 Å². The Labute approximate surface area is 111 Å². The summed E-state index contributed by atoms with van der Waals surface area (Å²) in [5.74, 6) is -0.849. The van der Waals surface area contributed by atoms with Crippen LogP contribution in [0.4, 0.5) is 4.79 Å². The van der Waals surface area contributed by atoms with Crippen molar-refractivity contribution < 1.29 is 14.7 Å². The number of carboxylic acid groups (broad SMARTS) is 1. The Hall–Kier alpha value is -2.05. The number of nitrogens with zero attached hydrogens (tertiary/aromatic N) is 2. The van der Waals surface area contributed by atoms with E-state index < -0.39 is 11.4 Å². The maximum absolute atomic E-state index is 12.0. The zero-order valence-corrected chi connectivity index (χ0v) is 10.8. The molecule has 7 heteroatoms. The molecular weight excluding hydrogens is 248 g/mol. The molecule has 1 aliphatic heterocycles. The van der Waals surface area contributed by atoms with E-state index in [2.05, 4.69) is 15.3 Å². The van der Waals surface area contributed by atoms with Gasteiger partial charge in [-0.3, -0.25) is 4.79 Å². The van der Waals surface area contributed by atoms with E-state index in [-0.39, 0.29) is 12.6 Å². The number of piperidine rings is 1. The van der Waals surface area contributed by atoms with Gasteiger partial charge in [0.2, 0.25) is 0 Å². The van der Waals surface area contributed by atoms with Gasteiger partial charge in [-0.15, -0.1) is 0 Å². The summed E-state index contributed by atoms with van der Waals surface area (Å²) < 4.78 is 0. The summed E-state index contributed by atoms with van der Waals surface area (Å²) in [5, 5.41) is 12.0. The van der Waals surface area contributed by atoms with Crippen LogP contribution in [-0.2, 0) is 11.3 Å². The van der Waals surface area contributed by atoms with Crippen LogP contribution < -0.4 is 5.32 Å². The van der Waals surface area contributed by atoms with Crippen LogP contribution in [0.2, 0.25) is 0 Å². The number of aromatic amines is 1. The highest BCUT2D eigenvalue weighted by atomic mass is 16.4. The van der Waals surface area contributed by atoms with Gasteiger partial charge in [-0.05, 0) is 19.8 Å². The van der Waals surface area contributed by atoms with Crippen LogP contribution in [0.5, 0.6) is 0 Å². The van der Waals surface area contributed by atoms with Crippen LogP contribution in [0.15, 0.2) is 12.5 Å². The van der Waals surface area contributed by atoms with Crippen LogP contribution in [0.1, 0.15) is 25.5 Å². The third-order valence-electron chi connectivity index (χ3n) is 3.48. The fourth-order valence-corrected chi connectivity index (χ4v) is 2.25. The lowest BCUT2D eigenvalue weighted by molar-refractivity contribution is -0.150. The first-order valence-electron chi connectivity index (χ1n) is 6.25. The van der Waals surface area contributed by atoms with E-state index in [1.165, 1.54) is 0 Å². The van der Waals surface area contributed by atoms with Gasteiger partial charge in [0.1, 0.15) is 0 Å². The van der Waals surface area contributed by atoms with E-state index in [0.717, 1.165) is 5.69 Å². The van der Waals surface area contributed by atoms with Crippen molar-refractivity contribution in [3.05, 3.63) is 18.2 Å². The number of carboxylic acids is 1. The Bertz CT molecular complexity index is 460. The summed E-state index contributed by atoms with van der Waals surface area (Å²) in [6.45, 7) is 2.89. The molecule has 0 saturated carbocycles. The number of likely N-dealkylation sites (tertiary alicyclic amines) is 1. The molecule has 104 valence electrons. The normalized spacial score (nSPS) is 23.1. The summed E-state index contributed by atoms with van der Waals surface area (Å²) in [4.78, 5) is 31.5. The zero-order valence-electron chi connectivity index (χ0n) is 10.8. The molecule has 0 aromatic carbocycles. The smallest absolute Gasteiger partial charge is 0.317 e. The molecule has 0 bridgehead atoms. The molecule has 1 aromatic heterocycles. The number of imidazole rings is 1. The van der Waals surface area contributed by atoms with Crippen LogP contribution in [0, 0.1) is 5.41 Å². The number of carbonyl (C=O) groups excluding carboxylic acids is 1. The topological polar surface area (TPSA) is 98.3 Å². The molecule has 19 heavy (non-hydrogen) atoms. The van der Waals surface area contributed by atoms with Crippen molar-refractivity contribution in [1.82, 2.24) is 20.2 Å². The fourth-order valence-electron chi connectivity index (χ4n) is 2.25. The quantitative estimate of drug-likeness (QED) is 0.753. The van der Waals surface area contributed by atoms with Gasteiger partial charge in [0, 0.05) is 19.3 Å². The number of rotatable bonds is 3. The van der Waals surface area contributed by atoms with E-state index in [9.17, 15) is 14.7 Å². The number of aromatic nitrogens is 2. The van der Waals surface area contributed by atoms with Crippen molar-refractivity contribution in [2.45, 2.75) is 26.3 Å². The highest BCUT2D eigenvalue weighted by molar-refractivity contribution is 5.78. The summed E-state index contributed by atoms with van der Waals surface area (Å²) >= 11 is 0. The molecule has 1 atom stereocenters. The van der Waals surface area contributed by atoms with Gasteiger partial charge in [-0.1, -0.05) is 0 Å². The molecule has 0 aliphatic carbocycles. The minimum atomic E-state index is -0.849. The second kappa shape index (κ2) is 5.29. The largest absolute Gasteiger partial charge is 0.481 e. The average Bonchev–Trinajstić information content (AvgIpc) is 2.89. The molecule has 1 aliphatic rings. The molecule has 1 saturated heterocycles. The Morgan fingerprint density at radius 3 is 3.05 bits per heavy atom. The van der Waals surface area contributed by atoms with Crippen molar-refractivity contribution in [3.63, 3.8) is 0 Å². The van der Waals surface area contributed by atoms with Gasteiger partial charge >= 0.3 is 12.0 Å². The molecule has 2 amide bonds. The van der Waals surface area contributed by atoms with E-state index >= 15 is 0 Å². The number of amides is 2. The maximum atomic E-state index is 12.0. The van der Waals surface area contributed by atoms with E-state index in [1.54, 1.807) is 24.3 Å². The second-order valence-electron chi connectivity index (χ2n) is 5.13. The number of aliphatic carboxylic acids is 1. The Morgan fingerprint density at radius 1 is 1.63 bits per heavy atom. The lowest BCUT2D eigenvalue weighted by Gasteiger charge is -2.37. The lowest BCUT2D eigenvalue weighted by Crippen LogP contribution is -2.51. The molecule has 7 nitrogen and oxygen atoms in total. The predicted octanol–water partition coefficient (Wildman–Crippen LogP) is 0.806. The average molecular weight is 266 g/mol. The van der Waals surface area contributed by atoms with Gasteiger partial charge in [-0.25, -0.2) is 9.78 Å². The third-order valence-corrected chi connectivity index (χ3v) is 3.48.